The number of pyridine rings is 1. The molecule has 2 aliphatic rings. The molecule has 8 heteroatoms. The number of aryl methyl sites for hydroxylation is 1. The fraction of sp³-hybridized carbons (Fsp3) is 0.433. The van der Waals surface area contributed by atoms with Crippen LogP contribution in [0.25, 0.3) is 21.8 Å². The molecule has 2 fully saturated rings. The van der Waals surface area contributed by atoms with Crippen molar-refractivity contribution in [3.05, 3.63) is 66.0 Å². The second kappa shape index (κ2) is 9.80. The van der Waals surface area contributed by atoms with E-state index in [0.717, 1.165) is 90.7 Å². The molecule has 0 unspecified atom stereocenters. The van der Waals surface area contributed by atoms with Gasteiger partial charge in [0.05, 0.1) is 23.9 Å². The maximum atomic E-state index is 13.4. The van der Waals surface area contributed by atoms with Crippen LogP contribution >= 0.6 is 0 Å². The molecule has 2 aromatic carbocycles. The van der Waals surface area contributed by atoms with Gasteiger partial charge in [0.15, 0.2) is 0 Å². The second-order valence-corrected chi connectivity index (χ2v) is 10.7. The molecule has 1 aliphatic carbocycles. The first-order chi connectivity index (χ1) is 18.3. The van der Waals surface area contributed by atoms with Crippen molar-refractivity contribution >= 4 is 27.5 Å². The molecular formula is C30H33F3N4O. The molecule has 1 aliphatic heterocycles. The summed E-state index contributed by atoms with van der Waals surface area (Å²) >= 11 is 0. The molecule has 0 bridgehead atoms. The Bertz CT molecular complexity index is 1450. The Balaban J connectivity index is 1.12. The van der Waals surface area contributed by atoms with Crippen molar-refractivity contribution in [2.45, 2.75) is 43.8 Å². The summed E-state index contributed by atoms with van der Waals surface area (Å²) in [6, 6.07) is 12.8. The van der Waals surface area contributed by atoms with E-state index in [1.807, 2.05) is 36.1 Å². The minimum Gasteiger partial charge on any atom is -0.497 e. The molecule has 2 aromatic heterocycles. The van der Waals surface area contributed by atoms with Gasteiger partial charge in [-0.15, -0.1) is 0 Å². The highest BCUT2D eigenvalue weighted by molar-refractivity contribution is 5.92. The SMILES string of the molecule is COc1cc(N2CCN(C3CCC(c4cn(C)c5ccc(C(F)(F)F)cc45)CC3)CC2)c2ncccc2c1. The number of methoxy groups -OCH3 is 1. The normalized spacial score (nSPS) is 21.3. The number of fused-ring (bicyclic) bond motifs is 2. The molecule has 1 saturated heterocycles. The van der Waals surface area contributed by atoms with Crippen molar-refractivity contribution < 1.29 is 17.9 Å². The smallest absolute Gasteiger partial charge is 0.416 e. The highest BCUT2D eigenvalue weighted by Gasteiger charge is 2.33. The molecule has 38 heavy (non-hydrogen) atoms. The zero-order valence-corrected chi connectivity index (χ0v) is 21.8. The molecule has 3 heterocycles. The van der Waals surface area contributed by atoms with Crippen molar-refractivity contribution in [3.8, 4) is 5.75 Å². The molecule has 0 spiro atoms. The lowest BCUT2D eigenvalue weighted by atomic mass is 9.81. The summed E-state index contributed by atoms with van der Waals surface area (Å²) in [5.41, 5.74) is 3.49. The topological polar surface area (TPSA) is 33.5 Å². The third kappa shape index (κ3) is 4.59. The van der Waals surface area contributed by atoms with Gasteiger partial charge in [-0.3, -0.25) is 9.88 Å². The number of piperazine rings is 1. The molecule has 0 radical (unpaired) electrons. The molecular weight excluding hydrogens is 489 g/mol. The number of halogens is 3. The Kier molecular flexibility index (Phi) is 6.46. The van der Waals surface area contributed by atoms with Gasteiger partial charge < -0.3 is 14.2 Å². The highest BCUT2D eigenvalue weighted by Crippen LogP contribution is 2.41. The van der Waals surface area contributed by atoms with Crippen LogP contribution < -0.4 is 9.64 Å². The Hall–Kier alpha value is -3.26. The number of rotatable bonds is 4. The summed E-state index contributed by atoms with van der Waals surface area (Å²) in [7, 11) is 3.62. The van der Waals surface area contributed by atoms with Gasteiger partial charge in [0, 0.05) is 74.0 Å². The lowest BCUT2D eigenvalue weighted by molar-refractivity contribution is -0.137. The number of aromatic nitrogens is 2. The number of anilines is 1. The fourth-order valence-electron chi connectivity index (χ4n) is 6.51. The van der Waals surface area contributed by atoms with E-state index in [-0.39, 0.29) is 0 Å². The van der Waals surface area contributed by atoms with Gasteiger partial charge in [-0.1, -0.05) is 6.07 Å². The van der Waals surface area contributed by atoms with E-state index in [1.165, 1.54) is 12.1 Å². The maximum Gasteiger partial charge on any atom is 0.416 e. The zero-order chi connectivity index (χ0) is 26.4. The molecule has 0 atom stereocenters. The van der Waals surface area contributed by atoms with Crippen LogP contribution in [0.2, 0.25) is 0 Å². The summed E-state index contributed by atoms with van der Waals surface area (Å²) in [5.74, 6) is 1.14. The van der Waals surface area contributed by atoms with E-state index in [1.54, 1.807) is 13.2 Å². The summed E-state index contributed by atoms with van der Waals surface area (Å²) in [5, 5.41) is 1.83. The van der Waals surface area contributed by atoms with Crippen LogP contribution in [0.1, 0.15) is 42.7 Å². The van der Waals surface area contributed by atoms with E-state index in [2.05, 4.69) is 26.9 Å². The summed E-state index contributed by atoms with van der Waals surface area (Å²) in [4.78, 5) is 9.66. The minimum atomic E-state index is -4.33. The van der Waals surface area contributed by atoms with Gasteiger partial charge in [0.25, 0.3) is 0 Å². The zero-order valence-electron chi connectivity index (χ0n) is 21.8. The quantitative estimate of drug-likeness (QED) is 0.302. The highest BCUT2D eigenvalue weighted by atomic mass is 19.4. The lowest BCUT2D eigenvalue weighted by Gasteiger charge is -2.42. The second-order valence-electron chi connectivity index (χ2n) is 10.7. The Morgan fingerprint density at radius 3 is 2.42 bits per heavy atom. The third-order valence-corrected chi connectivity index (χ3v) is 8.55. The van der Waals surface area contributed by atoms with Crippen molar-refractivity contribution in [1.29, 1.82) is 0 Å². The number of hydrogen-bond acceptors (Lipinski definition) is 4. The first-order valence-electron chi connectivity index (χ1n) is 13.4. The van der Waals surface area contributed by atoms with Crippen molar-refractivity contribution in [1.82, 2.24) is 14.5 Å². The van der Waals surface area contributed by atoms with Crippen LogP contribution in [0.5, 0.6) is 5.75 Å². The molecule has 5 nitrogen and oxygen atoms in total. The summed E-state index contributed by atoms with van der Waals surface area (Å²) < 4.78 is 47.6. The molecule has 200 valence electrons. The summed E-state index contributed by atoms with van der Waals surface area (Å²) in [6.45, 7) is 3.85. The third-order valence-electron chi connectivity index (χ3n) is 8.55. The van der Waals surface area contributed by atoms with E-state index < -0.39 is 11.7 Å². The number of ether oxygens (including phenoxy) is 1. The van der Waals surface area contributed by atoms with Gasteiger partial charge in [-0.2, -0.15) is 13.2 Å². The minimum absolute atomic E-state index is 0.300. The van der Waals surface area contributed by atoms with Crippen molar-refractivity contribution in [2.75, 3.05) is 38.2 Å². The average molecular weight is 523 g/mol. The van der Waals surface area contributed by atoms with Gasteiger partial charge in [-0.05, 0) is 67.5 Å². The number of hydrogen-bond donors (Lipinski definition) is 0. The average Bonchev–Trinajstić information content (AvgIpc) is 3.28. The standard InChI is InChI=1S/C30H33F3N4O/c1-35-19-26(25-17-22(30(31,32)33)7-10-27(25)35)20-5-8-23(9-6-20)36-12-14-37(15-13-36)28-18-24(38-2)16-21-4-3-11-34-29(21)28/h3-4,7,10-11,16-20,23H,5-6,8-9,12-15H2,1-2H3. The van der Waals surface area contributed by atoms with E-state index >= 15 is 0 Å². The van der Waals surface area contributed by atoms with E-state index in [4.69, 9.17) is 4.74 Å². The number of alkyl halides is 3. The van der Waals surface area contributed by atoms with Crippen molar-refractivity contribution in [2.24, 2.45) is 7.05 Å². The van der Waals surface area contributed by atoms with E-state index in [0.29, 0.717) is 12.0 Å². The monoisotopic (exact) mass is 522 g/mol. The van der Waals surface area contributed by atoms with Crippen LogP contribution in [-0.2, 0) is 13.2 Å². The fourth-order valence-corrected chi connectivity index (χ4v) is 6.51. The van der Waals surface area contributed by atoms with E-state index in [9.17, 15) is 13.2 Å². The predicted octanol–water partition coefficient (Wildman–Crippen LogP) is 6.60. The van der Waals surface area contributed by atoms with Gasteiger partial charge >= 0.3 is 6.18 Å². The van der Waals surface area contributed by atoms with Crippen LogP contribution in [0, 0.1) is 0 Å². The largest absolute Gasteiger partial charge is 0.497 e. The molecule has 0 amide bonds. The number of benzene rings is 2. The molecule has 1 saturated carbocycles. The van der Waals surface area contributed by atoms with Crippen LogP contribution in [0.4, 0.5) is 18.9 Å². The van der Waals surface area contributed by atoms with Gasteiger partial charge in [0.2, 0.25) is 0 Å². The maximum absolute atomic E-state index is 13.4. The predicted molar refractivity (Wildman–Crippen MR) is 145 cm³/mol. The number of nitrogens with zero attached hydrogens (tertiary/aromatic N) is 4. The Morgan fingerprint density at radius 1 is 0.947 bits per heavy atom. The Morgan fingerprint density at radius 2 is 1.71 bits per heavy atom. The first kappa shape index (κ1) is 25.0. The molecule has 4 aromatic rings. The van der Waals surface area contributed by atoms with Gasteiger partial charge in [-0.25, -0.2) is 0 Å². The van der Waals surface area contributed by atoms with Crippen LogP contribution in [-0.4, -0.2) is 53.8 Å². The summed E-state index contributed by atoms with van der Waals surface area (Å²) in [6.07, 6.45) is 3.71. The van der Waals surface area contributed by atoms with Gasteiger partial charge in [0.1, 0.15) is 5.75 Å². The first-order valence-corrected chi connectivity index (χ1v) is 13.4. The van der Waals surface area contributed by atoms with Crippen LogP contribution in [0.3, 0.4) is 0 Å². The lowest BCUT2D eigenvalue weighted by Crippen LogP contribution is -2.51. The van der Waals surface area contributed by atoms with Crippen molar-refractivity contribution in [3.63, 3.8) is 0 Å². The molecule has 0 N–H and O–H groups in total. The Labute approximate surface area is 220 Å². The molecule has 6 rings (SSSR count). The van der Waals surface area contributed by atoms with Crippen LogP contribution in [0.15, 0.2) is 54.9 Å².